The summed E-state index contributed by atoms with van der Waals surface area (Å²) in [4.78, 5) is 25.0. The maximum Gasteiger partial charge on any atom is 0.259 e. The third-order valence-electron chi connectivity index (χ3n) is 4.24. The van der Waals surface area contributed by atoms with Crippen molar-refractivity contribution in [3.63, 3.8) is 0 Å². The van der Waals surface area contributed by atoms with Crippen LogP contribution in [0, 0.1) is 0 Å². The van der Waals surface area contributed by atoms with Gasteiger partial charge in [0.25, 0.3) is 5.91 Å². The Morgan fingerprint density at radius 1 is 1.10 bits per heavy atom. The number of aryl methyl sites for hydroxylation is 1. The van der Waals surface area contributed by atoms with E-state index in [1.165, 1.54) is 17.4 Å². The highest BCUT2D eigenvalue weighted by atomic mass is 32.1. The second kappa shape index (κ2) is 8.75. The van der Waals surface area contributed by atoms with E-state index < -0.39 is 0 Å². The van der Waals surface area contributed by atoms with Gasteiger partial charge in [0.05, 0.1) is 11.3 Å². The van der Waals surface area contributed by atoms with Crippen molar-refractivity contribution in [3.8, 4) is 11.5 Å². The van der Waals surface area contributed by atoms with Crippen LogP contribution in [-0.4, -0.2) is 28.8 Å². The first-order chi connectivity index (χ1) is 14.6. The van der Waals surface area contributed by atoms with Gasteiger partial charge in [-0.05, 0) is 42.3 Å². The van der Waals surface area contributed by atoms with E-state index in [1.54, 1.807) is 42.5 Å². The third kappa shape index (κ3) is 4.47. The lowest BCUT2D eigenvalue weighted by Gasteiger charge is -2.09. The van der Waals surface area contributed by atoms with Gasteiger partial charge < -0.3 is 14.8 Å². The van der Waals surface area contributed by atoms with Crippen LogP contribution in [0.1, 0.15) is 27.9 Å². The van der Waals surface area contributed by atoms with Crippen molar-refractivity contribution in [1.29, 1.82) is 0 Å². The van der Waals surface area contributed by atoms with E-state index in [0.29, 0.717) is 27.9 Å². The van der Waals surface area contributed by atoms with Gasteiger partial charge in [0.15, 0.2) is 11.5 Å². The first kappa shape index (κ1) is 19.6. The number of para-hydroxylation sites is 1. The highest BCUT2D eigenvalue weighted by molar-refractivity contribution is 7.15. The Kier molecular flexibility index (Phi) is 5.71. The number of nitrogens with one attached hydrogen (secondary N) is 2. The lowest BCUT2D eigenvalue weighted by molar-refractivity contribution is -0.111. The van der Waals surface area contributed by atoms with Gasteiger partial charge in [0, 0.05) is 6.08 Å². The number of rotatable bonds is 6. The van der Waals surface area contributed by atoms with Gasteiger partial charge in [-0.3, -0.25) is 14.9 Å². The quantitative estimate of drug-likeness (QED) is 0.587. The van der Waals surface area contributed by atoms with Gasteiger partial charge >= 0.3 is 0 Å². The van der Waals surface area contributed by atoms with Crippen LogP contribution < -0.4 is 20.1 Å². The Morgan fingerprint density at radius 2 is 1.93 bits per heavy atom. The molecule has 2 heterocycles. The van der Waals surface area contributed by atoms with Gasteiger partial charge in [0.1, 0.15) is 5.01 Å². The van der Waals surface area contributed by atoms with E-state index in [2.05, 4.69) is 20.8 Å². The van der Waals surface area contributed by atoms with Crippen LogP contribution in [0.4, 0.5) is 10.8 Å². The number of aromatic nitrogens is 2. The molecule has 152 valence electrons. The number of hydrogen-bond acceptors (Lipinski definition) is 7. The van der Waals surface area contributed by atoms with E-state index >= 15 is 0 Å². The van der Waals surface area contributed by atoms with Gasteiger partial charge in [-0.1, -0.05) is 36.5 Å². The first-order valence-corrected chi connectivity index (χ1v) is 10.1. The van der Waals surface area contributed by atoms with Crippen LogP contribution in [0.3, 0.4) is 0 Å². The third-order valence-corrected chi connectivity index (χ3v) is 5.23. The van der Waals surface area contributed by atoms with Crippen molar-refractivity contribution in [3.05, 3.63) is 64.7 Å². The van der Waals surface area contributed by atoms with Crippen molar-refractivity contribution >= 4 is 40.0 Å². The van der Waals surface area contributed by atoms with Gasteiger partial charge in [0.2, 0.25) is 17.8 Å². The summed E-state index contributed by atoms with van der Waals surface area (Å²) in [5, 5.41) is 14.6. The van der Waals surface area contributed by atoms with Crippen LogP contribution in [0.2, 0.25) is 0 Å². The van der Waals surface area contributed by atoms with Crippen molar-refractivity contribution in [1.82, 2.24) is 10.2 Å². The summed E-state index contributed by atoms with van der Waals surface area (Å²) in [7, 11) is 0. The second-order valence-electron chi connectivity index (χ2n) is 6.29. The molecule has 0 aliphatic carbocycles. The second-order valence-corrected chi connectivity index (χ2v) is 7.35. The van der Waals surface area contributed by atoms with Crippen LogP contribution in [0.15, 0.2) is 48.5 Å². The average molecular weight is 422 g/mol. The minimum absolute atomic E-state index is 0.193. The molecule has 1 aliphatic heterocycles. The maximum atomic E-state index is 12.6. The van der Waals surface area contributed by atoms with E-state index in [1.807, 2.05) is 13.0 Å². The molecule has 30 heavy (non-hydrogen) atoms. The zero-order chi connectivity index (χ0) is 20.9. The van der Waals surface area contributed by atoms with Crippen LogP contribution in [0.25, 0.3) is 6.08 Å². The molecule has 1 aromatic heterocycles. The maximum absolute atomic E-state index is 12.6. The number of fused-ring (bicyclic) bond motifs is 1. The first-order valence-electron chi connectivity index (χ1n) is 9.24. The van der Waals surface area contributed by atoms with Crippen LogP contribution >= 0.6 is 11.3 Å². The highest BCUT2D eigenvalue weighted by Crippen LogP contribution is 2.32. The zero-order valence-corrected chi connectivity index (χ0v) is 16.9. The molecule has 1 aliphatic rings. The van der Waals surface area contributed by atoms with Crippen LogP contribution in [0.5, 0.6) is 11.5 Å². The minimum atomic E-state index is -0.371. The van der Waals surface area contributed by atoms with Gasteiger partial charge in [-0.2, -0.15) is 0 Å². The predicted molar refractivity (Wildman–Crippen MR) is 114 cm³/mol. The number of nitrogens with zero attached hydrogens (tertiary/aromatic N) is 2. The van der Waals surface area contributed by atoms with Gasteiger partial charge in [-0.15, -0.1) is 10.2 Å². The molecule has 0 saturated heterocycles. The summed E-state index contributed by atoms with van der Waals surface area (Å²) in [6, 6.07) is 12.2. The lowest BCUT2D eigenvalue weighted by Crippen LogP contribution is -2.16. The molecule has 0 saturated carbocycles. The normalized spacial score (nSPS) is 12.2. The fourth-order valence-corrected chi connectivity index (χ4v) is 3.44. The monoisotopic (exact) mass is 422 g/mol. The summed E-state index contributed by atoms with van der Waals surface area (Å²) in [5.74, 6) is 0.585. The molecule has 2 aromatic carbocycles. The van der Waals surface area contributed by atoms with Crippen molar-refractivity contribution in [2.75, 3.05) is 17.4 Å². The molecule has 8 nitrogen and oxygen atoms in total. The Hall–Kier alpha value is -3.72. The average Bonchev–Trinajstić information content (AvgIpc) is 3.41. The summed E-state index contributed by atoms with van der Waals surface area (Å²) in [6.45, 7) is 2.16. The molecule has 0 spiro atoms. The highest BCUT2D eigenvalue weighted by Gasteiger charge is 2.15. The number of amides is 2. The molecule has 0 radical (unpaired) electrons. The fraction of sp³-hybridized carbons (Fsp3) is 0.143. The fourth-order valence-electron chi connectivity index (χ4n) is 2.76. The minimum Gasteiger partial charge on any atom is -0.454 e. The van der Waals surface area contributed by atoms with E-state index in [0.717, 1.165) is 17.0 Å². The van der Waals surface area contributed by atoms with E-state index in [9.17, 15) is 9.59 Å². The number of hydrogen-bond donors (Lipinski definition) is 2. The van der Waals surface area contributed by atoms with Crippen molar-refractivity contribution in [2.24, 2.45) is 0 Å². The van der Waals surface area contributed by atoms with Gasteiger partial charge in [-0.25, -0.2) is 0 Å². The summed E-state index contributed by atoms with van der Waals surface area (Å²) in [6.07, 6.45) is 3.80. The van der Waals surface area contributed by atoms with E-state index in [-0.39, 0.29) is 18.6 Å². The largest absolute Gasteiger partial charge is 0.454 e. The van der Waals surface area contributed by atoms with Crippen LogP contribution in [-0.2, 0) is 11.2 Å². The molecule has 0 fully saturated rings. The topological polar surface area (TPSA) is 102 Å². The summed E-state index contributed by atoms with van der Waals surface area (Å²) in [5.41, 5.74) is 1.52. The zero-order valence-electron chi connectivity index (χ0n) is 16.0. The Morgan fingerprint density at radius 3 is 2.77 bits per heavy atom. The van der Waals surface area contributed by atoms with Crippen molar-refractivity contribution in [2.45, 2.75) is 13.3 Å². The molecular weight excluding hydrogens is 404 g/mol. The summed E-state index contributed by atoms with van der Waals surface area (Å²) >= 11 is 1.32. The number of anilines is 2. The smallest absolute Gasteiger partial charge is 0.259 e. The SMILES string of the molecule is CCc1nnc(NC(=O)c2ccccc2NC(=O)/C=C/c2ccc3c(c2)OCO3)s1. The molecule has 2 N–H and O–H groups in total. The number of ether oxygens (including phenoxy) is 2. The Balaban J connectivity index is 1.44. The standard InChI is InChI=1S/C21H18N4O4S/c1-2-19-24-25-21(30-19)23-20(27)14-5-3-4-6-15(14)22-18(26)10-8-13-7-9-16-17(11-13)29-12-28-16/h3-11H,2,12H2,1H3,(H,22,26)(H,23,25,27)/b10-8+. The van der Waals surface area contributed by atoms with E-state index in [4.69, 9.17) is 9.47 Å². The number of benzene rings is 2. The molecule has 9 heteroatoms. The number of carbonyl (C=O) groups is 2. The lowest BCUT2D eigenvalue weighted by atomic mass is 10.1. The molecule has 0 unspecified atom stereocenters. The molecule has 0 bridgehead atoms. The molecule has 0 atom stereocenters. The predicted octanol–water partition coefficient (Wildman–Crippen LogP) is 3.73. The Labute approximate surface area is 176 Å². The molecule has 2 amide bonds. The number of carbonyl (C=O) groups excluding carboxylic acids is 2. The molecule has 3 aromatic rings. The Bertz CT molecular complexity index is 1130. The van der Waals surface area contributed by atoms with Crippen molar-refractivity contribution < 1.29 is 19.1 Å². The molecule has 4 rings (SSSR count). The summed E-state index contributed by atoms with van der Waals surface area (Å²) < 4.78 is 10.6. The molecular formula is C21H18N4O4S.